The molecule has 0 bridgehead atoms. The first-order chi connectivity index (χ1) is 9.16. The third kappa shape index (κ3) is 5.25. The Morgan fingerprint density at radius 2 is 1.95 bits per heavy atom. The lowest BCUT2D eigenvalue weighted by molar-refractivity contribution is 0.0128. The highest BCUT2D eigenvalue weighted by Gasteiger charge is 2.31. The Morgan fingerprint density at radius 1 is 1.21 bits per heavy atom. The maximum atomic E-state index is 9.84. The average molecular weight is 267 g/mol. The smallest absolute Gasteiger partial charge is 0.0897 e. The van der Waals surface area contributed by atoms with Crippen molar-refractivity contribution in [1.29, 1.82) is 0 Å². The molecule has 2 aliphatic carbocycles. The van der Waals surface area contributed by atoms with Gasteiger partial charge in [0.1, 0.15) is 0 Å². The van der Waals surface area contributed by atoms with Crippen molar-refractivity contribution < 1.29 is 9.84 Å². The summed E-state index contributed by atoms with van der Waals surface area (Å²) < 4.78 is 5.68. The van der Waals surface area contributed by atoms with Crippen LogP contribution in [0.3, 0.4) is 0 Å². The van der Waals surface area contributed by atoms with E-state index in [1.54, 1.807) is 0 Å². The van der Waals surface area contributed by atoms with Crippen LogP contribution in [0.25, 0.3) is 0 Å². The maximum Gasteiger partial charge on any atom is 0.0897 e. The van der Waals surface area contributed by atoms with Crippen LogP contribution in [-0.2, 0) is 4.74 Å². The lowest BCUT2D eigenvalue weighted by Crippen LogP contribution is -2.32. The predicted molar refractivity (Wildman–Crippen MR) is 78.0 cm³/mol. The highest BCUT2D eigenvalue weighted by atomic mass is 16.5. The van der Waals surface area contributed by atoms with Gasteiger partial charge in [0.05, 0.1) is 19.3 Å². The molecule has 0 aromatic heterocycles. The molecule has 0 saturated heterocycles. The van der Waals surface area contributed by atoms with Crippen molar-refractivity contribution >= 4 is 0 Å². The lowest BCUT2D eigenvalue weighted by atomic mass is 9.85. The van der Waals surface area contributed by atoms with E-state index in [1.165, 1.54) is 6.42 Å². The number of nitrogens with one attached hydrogen (secondary N) is 1. The fourth-order valence-electron chi connectivity index (χ4n) is 2.77. The van der Waals surface area contributed by atoms with Gasteiger partial charge in [-0.1, -0.05) is 26.0 Å². The Bertz CT molecular complexity index is 292. The van der Waals surface area contributed by atoms with E-state index in [4.69, 9.17) is 4.74 Å². The minimum absolute atomic E-state index is 0.372. The van der Waals surface area contributed by atoms with Crippen molar-refractivity contribution in [3.8, 4) is 0 Å². The molecule has 2 aliphatic rings. The fourth-order valence-corrected chi connectivity index (χ4v) is 2.77. The standard InChI is InChI=1S/C16H29NO2/c1-12-5-3-4-6-14(12)10-19-11-16(18)9-17-8-15-7-13(15)2/h3-4,12-18H,5-11H2,1-2H3. The van der Waals surface area contributed by atoms with E-state index in [2.05, 4.69) is 31.3 Å². The van der Waals surface area contributed by atoms with Crippen molar-refractivity contribution in [3.63, 3.8) is 0 Å². The zero-order valence-electron chi connectivity index (χ0n) is 12.3. The minimum Gasteiger partial charge on any atom is -0.389 e. The maximum absolute atomic E-state index is 9.84. The van der Waals surface area contributed by atoms with Gasteiger partial charge in [0.25, 0.3) is 0 Å². The summed E-state index contributed by atoms with van der Waals surface area (Å²) in [6.07, 6.45) is 7.77. The Labute approximate surface area is 117 Å². The van der Waals surface area contributed by atoms with E-state index in [0.29, 0.717) is 25.0 Å². The van der Waals surface area contributed by atoms with Gasteiger partial charge in [0.2, 0.25) is 0 Å². The fraction of sp³-hybridized carbons (Fsp3) is 0.875. The first-order valence-corrected chi connectivity index (χ1v) is 7.78. The second-order valence-corrected chi connectivity index (χ2v) is 6.50. The van der Waals surface area contributed by atoms with Crippen LogP contribution >= 0.6 is 0 Å². The molecular weight excluding hydrogens is 238 g/mol. The molecule has 2 N–H and O–H groups in total. The van der Waals surface area contributed by atoms with E-state index >= 15 is 0 Å². The van der Waals surface area contributed by atoms with Crippen molar-refractivity contribution in [2.24, 2.45) is 23.7 Å². The Kier molecular flexibility index (Phi) is 5.86. The normalized spacial score (nSPS) is 35.3. The van der Waals surface area contributed by atoms with Crippen LogP contribution in [0.2, 0.25) is 0 Å². The second kappa shape index (κ2) is 7.41. The molecule has 1 fully saturated rings. The Balaban J connectivity index is 1.48. The van der Waals surface area contributed by atoms with E-state index < -0.39 is 0 Å². The lowest BCUT2D eigenvalue weighted by Gasteiger charge is -2.25. The monoisotopic (exact) mass is 267 g/mol. The number of allylic oxidation sites excluding steroid dienone is 2. The van der Waals surface area contributed by atoms with E-state index in [9.17, 15) is 5.11 Å². The molecule has 2 rings (SSSR count). The van der Waals surface area contributed by atoms with E-state index in [0.717, 1.165) is 37.8 Å². The topological polar surface area (TPSA) is 41.5 Å². The molecule has 1 saturated carbocycles. The molecule has 0 heterocycles. The summed E-state index contributed by atoms with van der Waals surface area (Å²) in [6.45, 7) is 7.51. The number of hydrogen-bond acceptors (Lipinski definition) is 3. The van der Waals surface area contributed by atoms with E-state index in [-0.39, 0.29) is 6.10 Å². The Morgan fingerprint density at radius 3 is 2.63 bits per heavy atom. The third-order valence-electron chi connectivity index (χ3n) is 4.62. The number of aliphatic hydroxyl groups excluding tert-OH is 1. The molecule has 19 heavy (non-hydrogen) atoms. The van der Waals surface area contributed by atoms with Crippen LogP contribution < -0.4 is 5.32 Å². The number of hydrogen-bond donors (Lipinski definition) is 2. The van der Waals surface area contributed by atoms with Gasteiger partial charge in [-0.3, -0.25) is 0 Å². The summed E-state index contributed by atoms with van der Waals surface area (Å²) in [5.74, 6) is 3.04. The van der Waals surface area contributed by atoms with Gasteiger partial charge in [0, 0.05) is 6.54 Å². The quantitative estimate of drug-likeness (QED) is 0.663. The van der Waals surface area contributed by atoms with Gasteiger partial charge < -0.3 is 15.2 Å². The molecule has 5 atom stereocenters. The minimum atomic E-state index is -0.372. The molecule has 0 aromatic rings. The van der Waals surface area contributed by atoms with Crippen LogP contribution in [0.1, 0.15) is 33.1 Å². The SMILES string of the molecule is CC1CC=CCC1COCC(O)CNCC1CC1C. The molecule has 0 spiro atoms. The van der Waals surface area contributed by atoms with E-state index in [1.807, 2.05) is 0 Å². The molecule has 0 radical (unpaired) electrons. The first kappa shape index (κ1) is 15.0. The van der Waals surface area contributed by atoms with Gasteiger partial charge in [-0.2, -0.15) is 0 Å². The number of ether oxygens (including phenoxy) is 1. The average Bonchev–Trinajstić information content (AvgIpc) is 3.08. The largest absolute Gasteiger partial charge is 0.389 e. The van der Waals surface area contributed by atoms with Gasteiger partial charge >= 0.3 is 0 Å². The summed E-state index contributed by atoms with van der Waals surface area (Å²) >= 11 is 0. The summed E-state index contributed by atoms with van der Waals surface area (Å²) in [5.41, 5.74) is 0. The molecule has 3 nitrogen and oxygen atoms in total. The molecular formula is C16H29NO2. The molecule has 5 unspecified atom stereocenters. The second-order valence-electron chi connectivity index (χ2n) is 6.50. The van der Waals surface area contributed by atoms with Crippen LogP contribution in [0, 0.1) is 23.7 Å². The van der Waals surface area contributed by atoms with Gasteiger partial charge in [-0.25, -0.2) is 0 Å². The third-order valence-corrected chi connectivity index (χ3v) is 4.62. The highest BCUT2D eigenvalue weighted by Crippen LogP contribution is 2.36. The van der Waals surface area contributed by atoms with Gasteiger partial charge in [-0.15, -0.1) is 0 Å². The predicted octanol–water partition coefficient (Wildman–Crippen LogP) is 2.21. The van der Waals surface area contributed by atoms with Crippen LogP contribution in [-0.4, -0.2) is 37.5 Å². The van der Waals surface area contributed by atoms with Gasteiger partial charge in [0.15, 0.2) is 0 Å². The number of rotatable bonds is 8. The van der Waals surface area contributed by atoms with Crippen molar-refractivity contribution in [1.82, 2.24) is 5.32 Å². The summed E-state index contributed by atoms with van der Waals surface area (Å²) in [7, 11) is 0. The van der Waals surface area contributed by atoms with Crippen molar-refractivity contribution in [3.05, 3.63) is 12.2 Å². The van der Waals surface area contributed by atoms with Crippen LogP contribution in [0.5, 0.6) is 0 Å². The zero-order valence-corrected chi connectivity index (χ0v) is 12.3. The number of aliphatic hydroxyl groups is 1. The van der Waals surface area contributed by atoms with Crippen molar-refractivity contribution in [2.75, 3.05) is 26.3 Å². The van der Waals surface area contributed by atoms with Crippen LogP contribution in [0.15, 0.2) is 12.2 Å². The van der Waals surface area contributed by atoms with Gasteiger partial charge in [-0.05, 0) is 49.5 Å². The molecule has 0 amide bonds. The molecule has 3 heteroatoms. The highest BCUT2D eigenvalue weighted by molar-refractivity contribution is 4.93. The zero-order chi connectivity index (χ0) is 13.7. The summed E-state index contributed by atoms with van der Waals surface area (Å²) in [5, 5.41) is 13.2. The first-order valence-electron chi connectivity index (χ1n) is 7.78. The summed E-state index contributed by atoms with van der Waals surface area (Å²) in [6, 6.07) is 0. The Hall–Kier alpha value is -0.380. The molecule has 0 aliphatic heterocycles. The summed E-state index contributed by atoms with van der Waals surface area (Å²) in [4.78, 5) is 0. The van der Waals surface area contributed by atoms with Crippen LogP contribution in [0.4, 0.5) is 0 Å². The van der Waals surface area contributed by atoms with Crippen molar-refractivity contribution in [2.45, 2.75) is 39.2 Å². The molecule has 0 aromatic carbocycles. The molecule has 110 valence electrons.